The van der Waals surface area contributed by atoms with Gasteiger partial charge in [0.15, 0.2) is 6.10 Å². The number of piperidine rings is 1. The number of nitrogens with one attached hydrogen (secondary N) is 1. The third-order valence-electron chi connectivity index (χ3n) is 5.37. The van der Waals surface area contributed by atoms with Gasteiger partial charge in [0.05, 0.1) is 25.2 Å². The summed E-state index contributed by atoms with van der Waals surface area (Å²) >= 11 is 0. The van der Waals surface area contributed by atoms with Crippen LogP contribution in [0.5, 0.6) is 11.5 Å². The highest BCUT2D eigenvalue weighted by Gasteiger charge is 2.26. The molecule has 162 valence electrons. The zero-order valence-corrected chi connectivity index (χ0v) is 17.8. The van der Waals surface area contributed by atoms with E-state index < -0.39 is 6.10 Å². The van der Waals surface area contributed by atoms with Crippen molar-refractivity contribution in [1.82, 2.24) is 10.2 Å². The Morgan fingerprint density at radius 3 is 2.65 bits per heavy atom. The van der Waals surface area contributed by atoms with Gasteiger partial charge >= 0.3 is 0 Å². The van der Waals surface area contributed by atoms with Crippen molar-refractivity contribution >= 4 is 11.8 Å². The Kier molecular flexibility index (Phi) is 7.50. The molecule has 0 aromatic heterocycles. The van der Waals surface area contributed by atoms with Gasteiger partial charge in [0.2, 0.25) is 5.91 Å². The van der Waals surface area contributed by atoms with Crippen molar-refractivity contribution in [3.8, 4) is 17.6 Å². The predicted molar refractivity (Wildman–Crippen MR) is 116 cm³/mol. The first-order chi connectivity index (χ1) is 15.0. The fourth-order valence-corrected chi connectivity index (χ4v) is 3.61. The van der Waals surface area contributed by atoms with Crippen LogP contribution in [0.2, 0.25) is 0 Å². The third kappa shape index (κ3) is 5.98. The largest absolute Gasteiger partial charge is 0.496 e. The van der Waals surface area contributed by atoms with Gasteiger partial charge < -0.3 is 19.7 Å². The number of hydrogen-bond acceptors (Lipinski definition) is 5. The van der Waals surface area contributed by atoms with E-state index >= 15 is 0 Å². The highest BCUT2D eigenvalue weighted by Crippen LogP contribution is 2.20. The summed E-state index contributed by atoms with van der Waals surface area (Å²) in [7, 11) is 1.60. The van der Waals surface area contributed by atoms with Crippen LogP contribution in [0.1, 0.15) is 30.9 Å². The summed E-state index contributed by atoms with van der Waals surface area (Å²) in [6, 6.07) is 16.3. The lowest BCUT2D eigenvalue weighted by atomic mass is 10.0. The van der Waals surface area contributed by atoms with Crippen molar-refractivity contribution in [2.45, 2.75) is 38.3 Å². The first kappa shape index (κ1) is 22.2. The highest BCUT2D eigenvalue weighted by molar-refractivity contribution is 5.81. The lowest BCUT2D eigenvalue weighted by Gasteiger charge is -2.33. The van der Waals surface area contributed by atoms with E-state index in [0.717, 1.165) is 5.56 Å². The summed E-state index contributed by atoms with van der Waals surface area (Å²) in [6.07, 6.45) is 1.01. The van der Waals surface area contributed by atoms with Crippen LogP contribution in [-0.2, 0) is 16.0 Å². The molecule has 3 rings (SSSR count). The van der Waals surface area contributed by atoms with Gasteiger partial charge in [0.1, 0.15) is 11.5 Å². The van der Waals surface area contributed by atoms with Crippen LogP contribution in [0, 0.1) is 11.3 Å². The van der Waals surface area contributed by atoms with E-state index in [1.807, 2.05) is 29.2 Å². The summed E-state index contributed by atoms with van der Waals surface area (Å²) in [5, 5.41) is 12.0. The summed E-state index contributed by atoms with van der Waals surface area (Å²) in [5.41, 5.74) is 1.35. The summed E-state index contributed by atoms with van der Waals surface area (Å²) in [4.78, 5) is 27.0. The number of ether oxygens (including phenoxy) is 2. The lowest BCUT2D eigenvalue weighted by molar-refractivity contribution is -0.132. The third-order valence-corrected chi connectivity index (χ3v) is 5.37. The van der Waals surface area contributed by atoms with Gasteiger partial charge in [0, 0.05) is 24.7 Å². The minimum atomic E-state index is -0.681. The molecule has 2 aromatic carbocycles. The highest BCUT2D eigenvalue weighted by atomic mass is 16.5. The molecule has 1 heterocycles. The van der Waals surface area contributed by atoms with E-state index in [9.17, 15) is 9.59 Å². The molecule has 1 aliphatic rings. The smallest absolute Gasteiger partial charge is 0.260 e. The van der Waals surface area contributed by atoms with E-state index in [4.69, 9.17) is 14.7 Å². The quantitative estimate of drug-likeness (QED) is 0.742. The van der Waals surface area contributed by atoms with Crippen LogP contribution in [-0.4, -0.2) is 49.1 Å². The van der Waals surface area contributed by atoms with Gasteiger partial charge in [-0.25, -0.2) is 0 Å². The number of benzene rings is 2. The molecule has 0 aliphatic carbocycles. The maximum Gasteiger partial charge on any atom is 0.260 e. The van der Waals surface area contributed by atoms with Crippen LogP contribution >= 0.6 is 0 Å². The number of para-hydroxylation sites is 1. The van der Waals surface area contributed by atoms with Gasteiger partial charge in [-0.2, -0.15) is 5.26 Å². The SMILES string of the molecule is COc1ccccc1CC(=O)N1CCC(NC(=O)C(C)Oc2cccc(C#N)c2)CC1. The van der Waals surface area contributed by atoms with Gasteiger partial charge in [-0.3, -0.25) is 9.59 Å². The molecule has 1 aliphatic heterocycles. The minimum Gasteiger partial charge on any atom is -0.496 e. The summed E-state index contributed by atoms with van der Waals surface area (Å²) in [6.45, 7) is 2.87. The average Bonchev–Trinajstić information content (AvgIpc) is 2.80. The van der Waals surface area contributed by atoms with E-state index in [2.05, 4.69) is 11.4 Å². The number of amides is 2. The first-order valence-electron chi connectivity index (χ1n) is 10.4. The molecule has 1 fully saturated rings. The molecule has 1 saturated heterocycles. The Labute approximate surface area is 182 Å². The summed E-state index contributed by atoms with van der Waals surface area (Å²) < 4.78 is 11.0. The second-order valence-corrected chi connectivity index (χ2v) is 7.55. The van der Waals surface area contributed by atoms with Crippen molar-refractivity contribution in [3.63, 3.8) is 0 Å². The van der Waals surface area contributed by atoms with Crippen molar-refractivity contribution in [2.75, 3.05) is 20.2 Å². The molecule has 7 nitrogen and oxygen atoms in total. The molecule has 2 amide bonds. The predicted octanol–water partition coefficient (Wildman–Crippen LogP) is 2.68. The Morgan fingerprint density at radius 2 is 1.94 bits per heavy atom. The number of nitrogens with zero attached hydrogens (tertiary/aromatic N) is 2. The molecule has 0 radical (unpaired) electrons. The molecular weight excluding hydrogens is 394 g/mol. The van der Waals surface area contributed by atoms with Crippen LogP contribution in [0.3, 0.4) is 0 Å². The normalized spacial score (nSPS) is 14.9. The van der Waals surface area contributed by atoms with Crippen molar-refractivity contribution < 1.29 is 19.1 Å². The molecule has 1 unspecified atom stereocenters. The van der Waals surface area contributed by atoms with E-state index in [-0.39, 0.29) is 17.9 Å². The van der Waals surface area contributed by atoms with Crippen LogP contribution in [0.25, 0.3) is 0 Å². The number of methoxy groups -OCH3 is 1. The fraction of sp³-hybridized carbons (Fsp3) is 0.375. The van der Waals surface area contributed by atoms with Crippen LogP contribution < -0.4 is 14.8 Å². The molecule has 0 spiro atoms. The number of carbonyl (C=O) groups is 2. The first-order valence-corrected chi connectivity index (χ1v) is 10.4. The van der Waals surface area contributed by atoms with E-state index in [1.165, 1.54) is 0 Å². The molecular formula is C24H27N3O4. The van der Waals surface area contributed by atoms with E-state index in [0.29, 0.717) is 49.4 Å². The zero-order valence-electron chi connectivity index (χ0n) is 17.8. The molecule has 2 aromatic rings. The fourth-order valence-electron chi connectivity index (χ4n) is 3.61. The zero-order chi connectivity index (χ0) is 22.2. The number of carbonyl (C=O) groups excluding carboxylic acids is 2. The Bertz CT molecular complexity index is 961. The number of likely N-dealkylation sites (tertiary alicyclic amines) is 1. The van der Waals surface area contributed by atoms with Crippen LogP contribution in [0.15, 0.2) is 48.5 Å². The van der Waals surface area contributed by atoms with Crippen molar-refractivity contribution in [1.29, 1.82) is 5.26 Å². The lowest BCUT2D eigenvalue weighted by Crippen LogP contribution is -2.49. The Hall–Kier alpha value is -3.53. The molecule has 0 saturated carbocycles. The van der Waals surface area contributed by atoms with Crippen molar-refractivity contribution in [2.24, 2.45) is 0 Å². The monoisotopic (exact) mass is 421 g/mol. The second kappa shape index (κ2) is 10.5. The van der Waals surface area contributed by atoms with Gasteiger partial charge in [-0.15, -0.1) is 0 Å². The average molecular weight is 421 g/mol. The molecule has 1 N–H and O–H groups in total. The standard InChI is InChI=1S/C24H27N3O4/c1-17(31-21-8-5-6-18(14-21)16-25)24(29)26-20-10-12-27(13-11-20)23(28)15-19-7-3-4-9-22(19)30-2/h3-9,14,17,20H,10-13,15H2,1-2H3,(H,26,29). The molecule has 7 heteroatoms. The second-order valence-electron chi connectivity index (χ2n) is 7.55. The van der Waals surface area contributed by atoms with Gasteiger partial charge in [0.25, 0.3) is 5.91 Å². The minimum absolute atomic E-state index is 0.000644. The Balaban J connectivity index is 1.46. The van der Waals surface area contributed by atoms with Crippen LogP contribution in [0.4, 0.5) is 0 Å². The van der Waals surface area contributed by atoms with Crippen molar-refractivity contribution in [3.05, 3.63) is 59.7 Å². The number of rotatable bonds is 7. The maximum atomic E-state index is 12.7. The van der Waals surface area contributed by atoms with Gasteiger partial charge in [-0.05, 0) is 44.0 Å². The topological polar surface area (TPSA) is 91.7 Å². The maximum absolute atomic E-state index is 12.7. The number of nitriles is 1. The molecule has 31 heavy (non-hydrogen) atoms. The molecule has 0 bridgehead atoms. The Morgan fingerprint density at radius 1 is 1.19 bits per heavy atom. The van der Waals surface area contributed by atoms with Gasteiger partial charge in [-0.1, -0.05) is 24.3 Å². The number of hydrogen-bond donors (Lipinski definition) is 1. The summed E-state index contributed by atoms with van der Waals surface area (Å²) in [5.74, 6) is 1.05. The van der Waals surface area contributed by atoms with E-state index in [1.54, 1.807) is 38.3 Å². The molecule has 1 atom stereocenters.